The summed E-state index contributed by atoms with van der Waals surface area (Å²) in [6.45, 7) is 0.269. The van der Waals surface area contributed by atoms with Gasteiger partial charge in [-0.1, -0.05) is 29.8 Å². The molecular weight excluding hydrogens is 560 g/mol. The number of hydrogen-bond donors (Lipinski definition) is 0. The molecule has 37 heavy (non-hydrogen) atoms. The highest BCUT2D eigenvalue weighted by Crippen LogP contribution is 2.43. The Labute approximate surface area is 225 Å². The van der Waals surface area contributed by atoms with Gasteiger partial charge in [-0.3, -0.25) is 0 Å². The lowest BCUT2D eigenvalue weighted by atomic mass is 10.1. The first-order valence-corrected chi connectivity index (χ1v) is 12.2. The van der Waals surface area contributed by atoms with Crippen LogP contribution < -0.4 is 9.47 Å². The summed E-state index contributed by atoms with van der Waals surface area (Å²) >= 11 is 9.80. The second-order valence-corrected chi connectivity index (χ2v) is 8.99. The summed E-state index contributed by atoms with van der Waals surface area (Å²) in [5, 5.41) is 10.6. The van der Waals surface area contributed by atoms with Crippen LogP contribution >= 0.6 is 27.5 Å². The maximum atomic E-state index is 9.93. The average Bonchev–Trinajstić information content (AvgIpc) is 3.68. The fourth-order valence-corrected chi connectivity index (χ4v) is 4.47. The molecule has 3 heterocycles. The summed E-state index contributed by atoms with van der Waals surface area (Å²) in [5.41, 5.74) is 2.23. The van der Waals surface area contributed by atoms with Crippen molar-refractivity contribution in [3.63, 3.8) is 0 Å². The van der Waals surface area contributed by atoms with Gasteiger partial charge in [0.25, 0.3) is 0 Å². The molecule has 0 saturated carbocycles. The standard InChI is InChI=1S/C28H18BrClN2O5/c1-33-24-13-17(12-20(29)26(24)36-16-18-6-2-3-7-21(18)30)15-32-28-19(14-31)25(22-8-4-10-34-22)27(37-28)23-9-5-11-35-23/h2-13,15H,16H2,1H3. The number of ether oxygens (including phenoxy) is 2. The third kappa shape index (κ3) is 5.05. The number of benzene rings is 2. The molecule has 5 rings (SSSR count). The Morgan fingerprint density at radius 2 is 1.81 bits per heavy atom. The molecule has 0 aliphatic carbocycles. The van der Waals surface area contributed by atoms with E-state index in [2.05, 4.69) is 27.0 Å². The molecule has 0 atom stereocenters. The van der Waals surface area contributed by atoms with Gasteiger partial charge in [0.2, 0.25) is 5.88 Å². The highest BCUT2D eigenvalue weighted by molar-refractivity contribution is 9.10. The first kappa shape index (κ1) is 24.5. The zero-order chi connectivity index (χ0) is 25.8. The van der Waals surface area contributed by atoms with Crippen molar-refractivity contribution in [2.45, 2.75) is 6.61 Å². The van der Waals surface area contributed by atoms with Crippen LogP contribution in [0.4, 0.5) is 5.88 Å². The summed E-state index contributed by atoms with van der Waals surface area (Å²) in [4.78, 5) is 4.47. The predicted molar refractivity (Wildman–Crippen MR) is 143 cm³/mol. The first-order valence-electron chi connectivity index (χ1n) is 11.0. The van der Waals surface area contributed by atoms with Gasteiger partial charge in [-0.05, 0) is 64.0 Å². The second-order valence-electron chi connectivity index (χ2n) is 7.73. The topological polar surface area (TPSA) is 94.0 Å². The SMILES string of the molecule is COc1cc(C=Nc2oc(-c3ccco3)c(-c3ccco3)c2C#N)cc(Br)c1OCc1ccccc1Cl. The molecule has 0 aliphatic heterocycles. The van der Waals surface area contributed by atoms with E-state index in [4.69, 9.17) is 34.3 Å². The normalized spacial score (nSPS) is 11.1. The lowest BCUT2D eigenvalue weighted by Gasteiger charge is -2.14. The highest BCUT2D eigenvalue weighted by atomic mass is 79.9. The van der Waals surface area contributed by atoms with E-state index in [-0.39, 0.29) is 18.1 Å². The number of furan rings is 3. The van der Waals surface area contributed by atoms with Crippen LogP contribution in [0.5, 0.6) is 11.5 Å². The van der Waals surface area contributed by atoms with E-state index < -0.39 is 0 Å². The molecule has 0 radical (unpaired) electrons. The van der Waals surface area contributed by atoms with E-state index in [1.165, 1.54) is 12.5 Å². The molecular formula is C28H18BrClN2O5. The molecule has 0 amide bonds. The molecule has 0 N–H and O–H groups in total. The summed E-state index contributed by atoms with van der Waals surface area (Å²) < 4.78 is 29.3. The zero-order valence-electron chi connectivity index (χ0n) is 19.4. The summed E-state index contributed by atoms with van der Waals surface area (Å²) in [5.74, 6) is 2.41. The Bertz CT molecular complexity index is 1600. The van der Waals surface area contributed by atoms with Crippen molar-refractivity contribution >= 4 is 39.6 Å². The number of rotatable bonds is 8. The van der Waals surface area contributed by atoms with Crippen LogP contribution in [0, 0.1) is 11.3 Å². The van der Waals surface area contributed by atoms with Gasteiger partial charge in [-0.2, -0.15) is 5.26 Å². The molecule has 0 unspecified atom stereocenters. The minimum atomic E-state index is 0.120. The number of nitriles is 1. The molecule has 5 aromatic rings. The second kappa shape index (κ2) is 10.8. The molecule has 0 fully saturated rings. The Morgan fingerprint density at radius 1 is 1.05 bits per heavy atom. The van der Waals surface area contributed by atoms with Crippen LogP contribution in [0.1, 0.15) is 16.7 Å². The van der Waals surface area contributed by atoms with Gasteiger partial charge in [0, 0.05) is 16.8 Å². The van der Waals surface area contributed by atoms with Crippen molar-refractivity contribution in [2.24, 2.45) is 4.99 Å². The van der Waals surface area contributed by atoms with E-state index in [0.717, 1.165) is 5.56 Å². The van der Waals surface area contributed by atoms with Crippen molar-refractivity contribution in [3.8, 4) is 40.4 Å². The van der Waals surface area contributed by atoms with Gasteiger partial charge >= 0.3 is 0 Å². The van der Waals surface area contributed by atoms with Crippen molar-refractivity contribution in [1.82, 2.24) is 0 Å². The largest absolute Gasteiger partial charge is 0.493 e. The van der Waals surface area contributed by atoms with E-state index in [1.54, 1.807) is 43.7 Å². The minimum Gasteiger partial charge on any atom is -0.493 e. The monoisotopic (exact) mass is 576 g/mol. The van der Waals surface area contributed by atoms with Crippen LogP contribution in [0.2, 0.25) is 5.02 Å². The van der Waals surface area contributed by atoms with Crippen molar-refractivity contribution in [2.75, 3.05) is 7.11 Å². The number of hydrogen-bond acceptors (Lipinski definition) is 7. The molecule has 3 aromatic heterocycles. The van der Waals surface area contributed by atoms with Crippen LogP contribution in [-0.4, -0.2) is 13.3 Å². The number of halogens is 2. The smallest absolute Gasteiger partial charge is 0.238 e. The summed E-state index contributed by atoms with van der Waals surface area (Å²) in [6.07, 6.45) is 4.62. The maximum Gasteiger partial charge on any atom is 0.238 e. The molecule has 0 aliphatic rings. The van der Waals surface area contributed by atoms with Crippen LogP contribution in [0.15, 0.2) is 95.9 Å². The fraction of sp³-hybridized carbons (Fsp3) is 0.0714. The molecule has 184 valence electrons. The van der Waals surface area contributed by atoms with Crippen molar-refractivity contribution < 1.29 is 22.7 Å². The highest BCUT2D eigenvalue weighted by Gasteiger charge is 2.26. The fourth-order valence-electron chi connectivity index (χ4n) is 3.70. The lowest BCUT2D eigenvalue weighted by molar-refractivity contribution is 0.282. The Hall–Kier alpha value is -4.19. The van der Waals surface area contributed by atoms with E-state index in [0.29, 0.717) is 49.4 Å². The summed E-state index contributed by atoms with van der Waals surface area (Å²) in [6, 6.07) is 20.2. The zero-order valence-corrected chi connectivity index (χ0v) is 21.7. The molecule has 0 saturated heterocycles. The Morgan fingerprint density at radius 3 is 2.49 bits per heavy atom. The van der Waals surface area contributed by atoms with E-state index in [1.807, 2.05) is 30.3 Å². The molecule has 7 nitrogen and oxygen atoms in total. The van der Waals surface area contributed by atoms with Crippen LogP contribution in [0.3, 0.4) is 0 Å². The Kier molecular flexibility index (Phi) is 7.17. The molecule has 0 spiro atoms. The lowest BCUT2D eigenvalue weighted by Crippen LogP contribution is -2.00. The average molecular weight is 578 g/mol. The van der Waals surface area contributed by atoms with Gasteiger partial charge in [0.15, 0.2) is 23.0 Å². The molecule has 9 heteroatoms. The maximum absolute atomic E-state index is 9.93. The number of aliphatic imine (C=N–C) groups is 1. The minimum absolute atomic E-state index is 0.120. The predicted octanol–water partition coefficient (Wildman–Crippen LogP) is 8.43. The number of methoxy groups -OCH3 is 1. The third-order valence-corrected chi connectivity index (χ3v) is 6.38. The Balaban J connectivity index is 1.48. The quantitative estimate of drug-likeness (QED) is 0.172. The summed E-state index contributed by atoms with van der Waals surface area (Å²) in [7, 11) is 1.55. The van der Waals surface area contributed by atoms with Gasteiger partial charge < -0.3 is 22.7 Å². The number of nitrogens with zero attached hydrogens (tertiary/aromatic N) is 2. The van der Waals surface area contributed by atoms with Crippen molar-refractivity contribution in [3.05, 3.63) is 99.4 Å². The molecule has 2 aromatic carbocycles. The van der Waals surface area contributed by atoms with Gasteiger partial charge in [-0.25, -0.2) is 4.99 Å². The molecule has 0 bridgehead atoms. The first-order chi connectivity index (χ1) is 18.1. The van der Waals surface area contributed by atoms with Gasteiger partial charge in [0.05, 0.1) is 29.7 Å². The van der Waals surface area contributed by atoms with Crippen molar-refractivity contribution in [1.29, 1.82) is 5.26 Å². The van der Waals surface area contributed by atoms with E-state index >= 15 is 0 Å². The van der Waals surface area contributed by atoms with E-state index in [9.17, 15) is 5.26 Å². The van der Waals surface area contributed by atoms with Crippen LogP contribution in [0.25, 0.3) is 22.8 Å². The van der Waals surface area contributed by atoms with Crippen LogP contribution in [-0.2, 0) is 6.61 Å². The van der Waals surface area contributed by atoms with Gasteiger partial charge in [-0.15, -0.1) is 0 Å². The van der Waals surface area contributed by atoms with Gasteiger partial charge in [0.1, 0.15) is 24.0 Å². The third-order valence-electron chi connectivity index (χ3n) is 5.43.